The van der Waals surface area contributed by atoms with Gasteiger partial charge in [-0.15, -0.1) is 0 Å². The largest absolute Gasteiger partial charge is 0.504 e. The van der Waals surface area contributed by atoms with Crippen LogP contribution < -0.4 is 0 Å². The highest BCUT2D eigenvalue weighted by Crippen LogP contribution is 2.64. The van der Waals surface area contributed by atoms with Gasteiger partial charge in [0.15, 0.2) is 93.4 Å². The topological polar surface area (TPSA) is 533 Å². The molecular weight excluding hydrogens is 1060 g/mol. The van der Waals surface area contributed by atoms with Crippen LogP contribution in [0.5, 0.6) is 103 Å². The van der Waals surface area contributed by atoms with Gasteiger partial charge >= 0.3 is 35.8 Å². The summed E-state index contributed by atoms with van der Waals surface area (Å²) in [6.07, 6.45) is -11.9. The number of hydrogen-bond donors (Lipinski definition) is 19. The van der Waals surface area contributed by atoms with E-state index in [0.717, 1.165) is 0 Å². The highest BCUT2D eigenvalue weighted by atomic mass is 16.6. The lowest BCUT2D eigenvalue weighted by Gasteiger charge is -2.43. The van der Waals surface area contributed by atoms with Gasteiger partial charge in [-0.05, 0) is 24.3 Å². The summed E-state index contributed by atoms with van der Waals surface area (Å²) in [6, 6.07) is 1.11. The van der Waals surface area contributed by atoms with E-state index in [1.807, 2.05) is 0 Å². The van der Waals surface area contributed by atoms with E-state index < -0.39 is 254 Å². The number of aromatic carboxylic acids is 1. The number of phenols is 18. The van der Waals surface area contributed by atoms with Crippen molar-refractivity contribution in [3.63, 3.8) is 0 Å². The van der Waals surface area contributed by atoms with Crippen molar-refractivity contribution in [1.82, 2.24) is 0 Å². The standard InChI is InChI=1S/C48H30O30/c49-10-1-6(43(67)68)15(30(57)26(10)53)23-22-25-21(36(63)39(66)37(22)64)20-24-19(34(61)38(65)35(20)62)18-9(4-13(52)29(56)33(18)60)45(70)75-14-5-74-44(69)7-2-11(50)27(54)31(58)16(7)17-8(3-12(51)28(55)32(17)59)46(71)76-40(14)42(78-48(24)73)41(23)77-47(25)72/h1-4,14,23,40-42,49-66H,5H2,(H,67,68)/t14-,23-,40+,41-,42-/m0/s1. The molecule has 6 aromatic carbocycles. The Morgan fingerprint density at radius 3 is 1.22 bits per heavy atom. The smallest absolute Gasteiger partial charge is 0.340 e. The third-order valence-electron chi connectivity index (χ3n) is 13.3. The van der Waals surface area contributed by atoms with Crippen LogP contribution in [0.4, 0.5) is 0 Å². The molecule has 0 saturated carbocycles. The van der Waals surface area contributed by atoms with Crippen LogP contribution in [0.25, 0.3) is 33.4 Å². The van der Waals surface area contributed by atoms with Gasteiger partial charge in [-0.3, -0.25) is 0 Å². The number of phenolic OH excluding ortho intramolecular Hbond substituents is 18. The number of ether oxygens (including phenoxy) is 5. The first-order valence-electron chi connectivity index (χ1n) is 21.6. The Kier molecular flexibility index (Phi) is 10.8. The van der Waals surface area contributed by atoms with Crippen molar-refractivity contribution >= 4 is 35.8 Å². The van der Waals surface area contributed by atoms with Crippen LogP contribution in [0.2, 0.25) is 0 Å². The van der Waals surface area contributed by atoms with Gasteiger partial charge in [0.1, 0.15) is 6.61 Å². The Bertz CT molecular complexity index is 3860. The number of rotatable bonds is 2. The van der Waals surface area contributed by atoms with Crippen molar-refractivity contribution in [2.24, 2.45) is 0 Å². The second-order valence-electron chi connectivity index (χ2n) is 17.4. The predicted molar refractivity (Wildman–Crippen MR) is 241 cm³/mol. The zero-order chi connectivity index (χ0) is 56.9. The van der Waals surface area contributed by atoms with Gasteiger partial charge in [-0.1, -0.05) is 0 Å². The number of cyclic esters (lactones) is 1. The van der Waals surface area contributed by atoms with E-state index in [1.165, 1.54) is 0 Å². The second-order valence-corrected chi connectivity index (χ2v) is 17.4. The number of hydrogen-bond acceptors (Lipinski definition) is 29. The lowest BCUT2D eigenvalue weighted by molar-refractivity contribution is -0.135. The molecule has 5 aliphatic heterocycles. The molecule has 78 heavy (non-hydrogen) atoms. The summed E-state index contributed by atoms with van der Waals surface area (Å²) in [7, 11) is 0. The Morgan fingerprint density at radius 1 is 0.346 bits per heavy atom. The van der Waals surface area contributed by atoms with Crippen LogP contribution >= 0.6 is 0 Å². The summed E-state index contributed by atoms with van der Waals surface area (Å²) in [5.41, 5.74) is -19.3. The fourth-order valence-corrected chi connectivity index (χ4v) is 9.87. The van der Waals surface area contributed by atoms with E-state index in [0.29, 0.717) is 6.07 Å². The molecule has 0 aliphatic carbocycles. The number of fused-ring (bicyclic) bond motifs is 7. The summed E-state index contributed by atoms with van der Waals surface area (Å²) < 4.78 is 28.6. The van der Waals surface area contributed by atoms with E-state index >= 15 is 9.59 Å². The molecule has 0 radical (unpaired) electrons. The Hall–Kier alpha value is -11.5. The van der Waals surface area contributed by atoms with Gasteiger partial charge in [0.25, 0.3) is 0 Å². The predicted octanol–water partition coefficient (Wildman–Crippen LogP) is 2.23. The molecule has 6 aromatic rings. The number of carboxylic acid groups (broad SMARTS) is 1. The van der Waals surface area contributed by atoms with Gasteiger partial charge in [-0.2, -0.15) is 0 Å². The minimum absolute atomic E-state index is 0.251. The van der Waals surface area contributed by atoms with Crippen LogP contribution in [0, 0.1) is 0 Å². The van der Waals surface area contributed by atoms with Crippen molar-refractivity contribution in [2.75, 3.05) is 6.61 Å². The Morgan fingerprint density at radius 2 is 0.705 bits per heavy atom. The molecule has 5 atom stereocenters. The van der Waals surface area contributed by atoms with Crippen LogP contribution in [0.1, 0.15) is 79.2 Å². The van der Waals surface area contributed by atoms with Crippen molar-refractivity contribution in [3.05, 3.63) is 68.8 Å². The third-order valence-corrected chi connectivity index (χ3v) is 13.3. The van der Waals surface area contributed by atoms with Gasteiger partial charge in [0.05, 0.1) is 39.3 Å². The van der Waals surface area contributed by atoms with E-state index in [9.17, 15) is 116 Å². The summed E-state index contributed by atoms with van der Waals surface area (Å²) >= 11 is 0. The summed E-state index contributed by atoms with van der Waals surface area (Å²) in [5, 5.41) is 212. The van der Waals surface area contributed by atoms with Crippen molar-refractivity contribution < 1.29 is 149 Å². The Balaban J connectivity index is 1.42. The fourth-order valence-electron chi connectivity index (χ4n) is 9.87. The zero-order valence-electron chi connectivity index (χ0n) is 37.9. The molecule has 30 nitrogen and oxygen atoms in total. The number of carbonyl (C=O) groups excluding carboxylic acids is 5. The Labute approximate surface area is 427 Å². The molecule has 0 saturated heterocycles. The summed E-state index contributed by atoms with van der Waals surface area (Å²) in [6.45, 7) is -1.68. The number of benzene rings is 6. The second kappa shape index (κ2) is 16.8. The molecular formula is C48H30O30. The molecule has 5 aliphatic rings. The maximum Gasteiger partial charge on any atom is 0.340 e. The van der Waals surface area contributed by atoms with Crippen LogP contribution in [-0.4, -0.2) is 164 Å². The normalized spacial score (nSPS) is 19.2. The minimum atomic E-state index is -3.10. The van der Waals surface area contributed by atoms with E-state index in [4.69, 9.17) is 23.7 Å². The lowest BCUT2D eigenvalue weighted by atomic mass is 9.73. The molecule has 30 heteroatoms. The van der Waals surface area contributed by atoms with Gasteiger partial charge in [0, 0.05) is 44.5 Å². The molecule has 6 bridgehead atoms. The van der Waals surface area contributed by atoms with E-state index in [2.05, 4.69) is 0 Å². The number of carboxylic acids is 1. The van der Waals surface area contributed by atoms with Crippen molar-refractivity contribution in [3.8, 4) is 137 Å². The average molecular weight is 1090 g/mol. The monoisotopic (exact) mass is 1090 g/mol. The van der Waals surface area contributed by atoms with E-state index in [-0.39, 0.29) is 18.2 Å². The third kappa shape index (κ3) is 6.68. The fraction of sp³-hybridized carbons (Fsp3) is 0.125. The average Bonchev–Trinajstić information content (AvgIpc) is 3.46. The van der Waals surface area contributed by atoms with Crippen LogP contribution in [-0.2, 0) is 23.7 Å². The number of esters is 5. The molecule has 0 amide bonds. The quantitative estimate of drug-likeness (QED) is 0.0671. The maximum absolute atomic E-state index is 15.5. The van der Waals surface area contributed by atoms with Gasteiger partial charge in [0.2, 0.25) is 34.5 Å². The van der Waals surface area contributed by atoms with E-state index in [1.54, 1.807) is 0 Å². The summed E-state index contributed by atoms with van der Waals surface area (Å²) in [4.78, 5) is 87.8. The van der Waals surface area contributed by atoms with Crippen molar-refractivity contribution in [2.45, 2.75) is 30.3 Å². The lowest BCUT2D eigenvalue weighted by Crippen LogP contribution is -2.56. The van der Waals surface area contributed by atoms with Crippen molar-refractivity contribution in [1.29, 1.82) is 0 Å². The molecule has 0 unspecified atom stereocenters. The molecule has 402 valence electrons. The maximum atomic E-state index is 15.5. The number of aromatic hydroxyl groups is 18. The number of carbonyl (C=O) groups is 6. The summed E-state index contributed by atoms with van der Waals surface area (Å²) in [5.74, 6) is -44.2. The van der Waals surface area contributed by atoms with Crippen LogP contribution in [0.15, 0.2) is 24.3 Å². The molecule has 19 N–H and O–H groups in total. The molecule has 0 aromatic heterocycles. The highest BCUT2D eigenvalue weighted by molar-refractivity contribution is 6.17. The highest BCUT2D eigenvalue weighted by Gasteiger charge is 2.57. The molecule has 11 rings (SSSR count). The zero-order valence-corrected chi connectivity index (χ0v) is 37.9. The molecule has 0 fully saturated rings. The minimum Gasteiger partial charge on any atom is -0.504 e. The molecule has 5 heterocycles. The first-order valence-corrected chi connectivity index (χ1v) is 21.6. The SMILES string of the molecule is O=C1OC[C@@H]2OC(=O)c3cc(O)c(O)c(O)c3-c3c(O)c(O)c(O)c4c3C(=O)O[C@H]([C@H]3OC(=O)c5c-4c(O)c(O)c(O)c5[C@@H]3c3c(C(=O)O)cc(O)c(O)c3O)[C@@H]2OC(=O)c2cc(O)c(O)c(O)c2-c2c1cc(O)c(O)c2O. The molecule has 0 spiro atoms. The first-order chi connectivity index (χ1) is 36.6. The van der Waals surface area contributed by atoms with Gasteiger partial charge in [-0.25, -0.2) is 28.8 Å². The first kappa shape index (κ1) is 50.1. The van der Waals surface area contributed by atoms with Gasteiger partial charge < -0.3 is 121 Å². The van der Waals surface area contributed by atoms with Crippen LogP contribution in [0.3, 0.4) is 0 Å².